The second kappa shape index (κ2) is 5.77. The van der Waals surface area contributed by atoms with E-state index in [2.05, 4.69) is 9.88 Å². The standard InChI is InChI=1S/C20H22FN3O/c1-25-18-4-2-3-13(19(18)21)11-24-14-7-8-17(24)15-10-22-20(12-5-6-12)23-16(15)9-14/h2-4,10,12,14,17H,5-9,11H2,1H3/t14-,17-/m1/s1. The van der Waals surface area contributed by atoms with Gasteiger partial charge in [-0.05, 0) is 31.7 Å². The van der Waals surface area contributed by atoms with E-state index in [0.717, 1.165) is 25.1 Å². The molecule has 1 saturated heterocycles. The van der Waals surface area contributed by atoms with Crippen LogP contribution in [-0.2, 0) is 13.0 Å². The largest absolute Gasteiger partial charge is 0.494 e. The normalized spacial score (nSPS) is 25.0. The van der Waals surface area contributed by atoms with Gasteiger partial charge in [0.25, 0.3) is 0 Å². The highest BCUT2D eigenvalue weighted by Crippen LogP contribution is 2.45. The molecule has 2 bridgehead atoms. The minimum absolute atomic E-state index is 0.240. The van der Waals surface area contributed by atoms with Gasteiger partial charge in [-0.15, -0.1) is 0 Å². The van der Waals surface area contributed by atoms with Crippen LogP contribution in [0.5, 0.6) is 5.75 Å². The fourth-order valence-electron chi connectivity index (χ4n) is 4.41. The Morgan fingerprint density at radius 3 is 2.92 bits per heavy atom. The van der Waals surface area contributed by atoms with Crippen LogP contribution in [0.2, 0.25) is 0 Å². The van der Waals surface area contributed by atoms with Gasteiger partial charge < -0.3 is 4.74 Å². The van der Waals surface area contributed by atoms with Crippen molar-refractivity contribution in [2.75, 3.05) is 7.11 Å². The zero-order valence-corrected chi connectivity index (χ0v) is 14.4. The van der Waals surface area contributed by atoms with E-state index in [4.69, 9.17) is 9.72 Å². The molecule has 5 rings (SSSR count). The molecule has 1 saturated carbocycles. The first kappa shape index (κ1) is 15.3. The van der Waals surface area contributed by atoms with Crippen molar-refractivity contribution < 1.29 is 9.13 Å². The smallest absolute Gasteiger partial charge is 0.169 e. The molecule has 2 atom stereocenters. The van der Waals surface area contributed by atoms with Crippen molar-refractivity contribution in [1.29, 1.82) is 0 Å². The van der Waals surface area contributed by atoms with Crippen molar-refractivity contribution in [3.63, 3.8) is 0 Å². The first-order valence-electron chi connectivity index (χ1n) is 9.17. The summed E-state index contributed by atoms with van der Waals surface area (Å²) in [6.07, 6.45) is 7.71. The van der Waals surface area contributed by atoms with Crippen LogP contribution in [0.25, 0.3) is 0 Å². The Kier molecular flexibility index (Phi) is 3.52. The zero-order valence-electron chi connectivity index (χ0n) is 14.4. The van der Waals surface area contributed by atoms with Crippen LogP contribution in [0.3, 0.4) is 0 Å². The van der Waals surface area contributed by atoms with E-state index in [0.29, 0.717) is 35.9 Å². The average Bonchev–Trinajstić information content (AvgIpc) is 3.43. The third-order valence-corrected chi connectivity index (χ3v) is 5.91. The molecule has 4 nitrogen and oxygen atoms in total. The van der Waals surface area contributed by atoms with E-state index in [9.17, 15) is 4.39 Å². The van der Waals surface area contributed by atoms with E-state index in [1.54, 1.807) is 6.07 Å². The molecule has 3 aliphatic rings. The van der Waals surface area contributed by atoms with Crippen LogP contribution in [0.4, 0.5) is 4.39 Å². The summed E-state index contributed by atoms with van der Waals surface area (Å²) in [6.45, 7) is 0.613. The molecule has 5 heteroatoms. The Balaban J connectivity index is 1.44. The van der Waals surface area contributed by atoms with E-state index < -0.39 is 0 Å². The lowest BCUT2D eigenvalue weighted by Crippen LogP contribution is -2.38. The van der Waals surface area contributed by atoms with Gasteiger partial charge in [-0.25, -0.2) is 14.4 Å². The third kappa shape index (κ3) is 2.53. The molecular formula is C20H22FN3O. The monoisotopic (exact) mass is 339 g/mol. The molecule has 1 aromatic carbocycles. The molecule has 3 heterocycles. The summed E-state index contributed by atoms with van der Waals surface area (Å²) in [4.78, 5) is 11.9. The average molecular weight is 339 g/mol. The Hall–Kier alpha value is -2.01. The number of fused-ring (bicyclic) bond motifs is 4. The maximum Gasteiger partial charge on any atom is 0.169 e. The minimum Gasteiger partial charge on any atom is -0.494 e. The number of ether oxygens (including phenoxy) is 1. The lowest BCUT2D eigenvalue weighted by molar-refractivity contribution is 0.163. The predicted molar refractivity (Wildman–Crippen MR) is 92.0 cm³/mol. The summed E-state index contributed by atoms with van der Waals surface area (Å²) in [7, 11) is 1.51. The molecule has 1 aromatic heterocycles. The molecule has 0 radical (unpaired) electrons. The van der Waals surface area contributed by atoms with E-state index >= 15 is 0 Å². The van der Waals surface area contributed by atoms with Crippen LogP contribution in [0, 0.1) is 5.82 Å². The van der Waals surface area contributed by atoms with Crippen LogP contribution in [0.1, 0.15) is 60.3 Å². The van der Waals surface area contributed by atoms with Gasteiger partial charge in [0.15, 0.2) is 11.6 Å². The number of rotatable bonds is 4. The molecular weight excluding hydrogens is 317 g/mol. The van der Waals surface area contributed by atoms with Gasteiger partial charge in [0.05, 0.1) is 12.8 Å². The fourth-order valence-corrected chi connectivity index (χ4v) is 4.41. The summed E-state index contributed by atoms with van der Waals surface area (Å²) in [5, 5.41) is 0. The maximum absolute atomic E-state index is 14.6. The number of nitrogens with zero attached hydrogens (tertiary/aromatic N) is 3. The summed E-state index contributed by atoms with van der Waals surface area (Å²) in [6, 6.07) is 6.16. The number of aromatic nitrogens is 2. The topological polar surface area (TPSA) is 38.2 Å². The molecule has 0 N–H and O–H groups in total. The predicted octanol–water partition coefficient (Wildman–Crippen LogP) is 3.76. The van der Waals surface area contributed by atoms with Crippen molar-refractivity contribution in [3.05, 3.63) is 52.9 Å². The maximum atomic E-state index is 14.6. The van der Waals surface area contributed by atoms with Gasteiger partial charge in [0, 0.05) is 48.3 Å². The van der Waals surface area contributed by atoms with Crippen molar-refractivity contribution >= 4 is 0 Å². The summed E-state index contributed by atoms with van der Waals surface area (Å²) < 4.78 is 19.7. The lowest BCUT2D eigenvalue weighted by atomic mass is 9.98. The summed E-state index contributed by atoms with van der Waals surface area (Å²) >= 11 is 0. The molecule has 0 unspecified atom stereocenters. The van der Waals surface area contributed by atoms with Crippen molar-refractivity contribution in [2.24, 2.45) is 0 Å². The van der Waals surface area contributed by atoms with Gasteiger partial charge in [-0.3, -0.25) is 4.90 Å². The lowest BCUT2D eigenvalue weighted by Gasteiger charge is -2.35. The highest BCUT2D eigenvalue weighted by molar-refractivity contribution is 5.33. The molecule has 0 amide bonds. The highest BCUT2D eigenvalue weighted by atomic mass is 19.1. The van der Waals surface area contributed by atoms with Gasteiger partial charge >= 0.3 is 0 Å². The molecule has 25 heavy (non-hydrogen) atoms. The van der Waals surface area contributed by atoms with Crippen molar-refractivity contribution in [1.82, 2.24) is 14.9 Å². The number of hydrogen-bond donors (Lipinski definition) is 0. The van der Waals surface area contributed by atoms with Gasteiger partial charge in [0.2, 0.25) is 0 Å². The number of hydrogen-bond acceptors (Lipinski definition) is 4. The SMILES string of the molecule is COc1cccc(CN2[C@@H]3CC[C@@H]2c2cnc(C4CC4)nc2C3)c1F. The molecule has 2 aromatic rings. The van der Waals surface area contributed by atoms with Crippen LogP contribution >= 0.6 is 0 Å². The fraction of sp³-hybridized carbons (Fsp3) is 0.500. The van der Waals surface area contributed by atoms with E-state index in [1.165, 1.54) is 31.2 Å². The Bertz CT molecular complexity index is 821. The number of methoxy groups -OCH3 is 1. The first-order valence-corrected chi connectivity index (χ1v) is 9.17. The molecule has 2 aliphatic heterocycles. The van der Waals surface area contributed by atoms with Crippen LogP contribution < -0.4 is 4.74 Å². The van der Waals surface area contributed by atoms with Gasteiger partial charge in [-0.1, -0.05) is 12.1 Å². The zero-order chi connectivity index (χ0) is 17.0. The quantitative estimate of drug-likeness (QED) is 0.850. The van der Waals surface area contributed by atoms with Crippen LogP contribution in [-0.4, -0.2) is 28.0 Å². The van der Waals surface area contributed by atoms with Crippen molar-refractivity contribution in [3.8, 4) is 5.75 Å². The van der Waals surface area contributed by atoms with Gasteiger partial charge in [0.1, 0.15) is 5.82 Å². The number of benzene rings is 1. The van der Waals surface area contributed by atoms with E-state index in [-0.39, 0.29) is 5.82 Å². The van der Waals surface area contributed by atoms with Crippen molar-refractivity contribution in [2.45, 2.75) is 56.7 Å². The molecule has 1 aliphatic carbocycles. The van der Waals surface area contributed by atoms with E-state index in [1.807, 2.05) is 18.3 Å². The van der Waals surface area contributed by atoms with Crippen LogP contribution in [0.15, 0.2) is 24.4 Å². The Morgan fingerprint density at radius 2 is 2.12 bits per heavy atom. The second-order valence-electron chi connectivity index (χ2n) is 7.46. The highest BCUT2D eigenvalue weighted by Gasteiger charge is 2.41. The molecule has 0 spiro atoms. The van der Waals surface area contributed by atoms with Gasteiger partial charge in [-0.2, -0.15) is 0 Å². The minimum atomic E-state index is -0.240. The number of halogens is 1. The second-order valence-corrected chi connectivity index (χ2v) is 7.46. The Labute approximate surface area is 147 Å². The Morgan fingerprint density at radius 1 is 1.24 bits per heavy atom. The summed E-state index contributed by atoms with van der Waals surface area (Å²) in [5.74, 6) is 1.70. The summed E-state index contributed by atoms with van der Waals surface area (Å²) in [5.41, 5.74) is 3.18. The molecule has 2 fully saturated rings. The first-order chi connectivity index (χ1) is 12.2. The molecule has 130 valence electrons. The third-order valence-electron chi connectivity index (χ3n) is 5.91.